The largest absolute Gasteiger partial charge is 0.353 e. The molecule has 18 heavy (non-hydrogen) atoms. The Kier molecular flexibility index (Phi) is 7.51. The smallest absolute Gasteiger partial charge is 0.158 e. The van der Waals surface area contributed by atoms with Gasteiger partial charge in [0.2, 0.25) is 0 Å². The average molecular weight is 316 g/mol. The first-order valence-corrected chi connectivity index (χ1v) is 7.19. The zero-order chi connectivity index (χ0) is 13.4. The first kappa shape index (κ1) is 15.6. The molecule has 0 saturated heterocycles. The van der Waals surface area contributed by atoms with Crippen LogP contribution in [0.15, 0.2) is 28.7 Å². The fourth-order valence-corrected chi connectivity index (χ4v) is 2.16. The Morgan fingerprint density at radius 1 is 1.11 bits per heavy atom. The standard InChI is InChI=1S/C14H22BrNO2/c1-3-17-14(18-4-2)9-12(10-16)11-5-7-13(15)8-6-11/h5-8,12,14H,3-4,9-10,16H2,1-2H3/t12-/m0/s1. The van der Waals surface area contributed by atoms with Crippen LogP contribution in [-0.4, -0.2) is 26.0 Å². The van der Waals surface area contributed by atoms with Crippen LogP contribution in [0, 0.1) is 0 Å². The minimum absolute atomic E-state index is 0.169. The zero-order valence-corrected chi connectivity index (χ0v) is 12.7. The highest BCUT2D eigenvalue weighted by atomic mass is 79.9. The molecule has 0 aliphatic carbocycles. The van der Waals surface area contributed by atoms with Gasteiger partial charge in [-0.2, -0.15) is 0 Å². The van der Waals surface area contributed by atoms with Crippen LogP contribution in [0.2, 0.25) is 0 Å². The van der Waals surface area contributed by atoms with Crippen LogP contribution >= 0.6 is 15.9 Å². The lowest BCUT2D eigenvalue weighted by atomic mass is 9.95. The van der Waals surface area contributed by atoms with E-state index in [9.17, 15) is 0 Å². The predicted molar refractivity (Wildman–Crippen MR) is 77.6 cm³/mol. The van der Waals surface area contributed by atoms with Crippen molar-refractivity contribution in [3.63, 3.8) is 0 Å². The van der Waals surface area contributed by atoms with Crippen LogP contribution in [0.5, 0.6) is 0 Å². The Labute approximate surface area is 118 Å². The van der Waals surface area contributed by atoms with Crippen molar-refractivity contribution in [3.05, 3.63) is 34.3 Å². The van der Waals surface area contributed by atoms with E-state index >= 15 is 0 Å². The van der Waals surface area contributed by atoms with E-state index in [2.05, 4.69) is 28.1 Å². The van der Waals surface area contributed by atoms with E-state index in [-0.39, 0.29) is 12.2 Å². The van der Waals surface area contributed by atoms with Gasteiger partial charge in [0, 0.05) is 30.0 Å². The van der Waals surface area contributed by atoms with Gasteiger partial charge in [0.1, 0.15) is 0 Å². The molecule has 4 heteroatoms. The highest BCUT2D eigenvalue weighted by molar-refractivity contribution is 9.10. The number of hydrogen-bond donors (Lipinski definition) is 1. The lowest BCUT2D eigenvalue weighted by Gasteiger charge is -2.22. The van der Waals surface area contributed by atoms with E-state index in [0.717, 1.165) is 10.9 Å². The van der Waals surface area contributed by atoms with Gasteiger partial charge in [-0.1, -0.05) is 28.1 Å². The molecule has 102 valence electrons. The summed E-state index contributed by atoms with van der Waals surface area (Å²) in [7, 11) is 0. The van der Waals surface area contributed by atoms with Gasteiger partial charge in [-0.3, -0.25) is 0 Å². The molecule has 0 bridgehead atoms. The van der Waals surface area contributed by atoms with E-state index in [0.29, 0.717) is 19.8 Å². The summed E-state index contributed by atoms with van der Waals surface area (Å²) in [6.45, 7) is 5.86. The molecular weight excluding hydrogens is 294 g/mol. The van der Waals surface area contributed by atoms with Crippen molar-refractivity contribution in [3.8, 4) is 0 Å². The summed E-state index contributed by atoms with van der Waals surface area (Å²) in [5.74, 6) is 0.265. The van der Waals surface area contributed by atoms with Crippen molar-refractivity contribution in [2.45, 2.75) is 32.5 Å². The van der Waals surface area contributed by atoms with Crippen LogP contribution < -0.4 is 5.73 Å². The van der Waals surface area contributed by atoms with Gasteiger partial charge in [0.25, 0.3) is 0 Å². The predicted octanol–water partition coefficient (Wildman–Crippen LogP) is 3.28. The molecule has 1 aromatic rings. The van der Waals surface area contributed by atoms with E-state index in [1.165, 1.54) is 5.56 Å². The van der Waals surface area contributed by atoms with Crippen LogP contribution in [0.25, 0.3) is 0 Å². The lowest BCUT2D eigenvalue weighted by molar-refractivity contribution is -0.142. The summed E-state index contributed by atoms with van der Waals surface area (Å²) in [6, 6.07) is 8.26. The topological polar surface area (TPSA) is 44.5 Å². The van der Waals surface area contributed by atoms with Gasteiger partial charge < -0.3 is 15.2 Å². The highest BCUT2D eigenvalue weighted by Gasteiger charge is 2.17. The SMILES string of the molecule is CCOC(C[C@@H](CN)c1ccc(Br)cc1)OCC. The van der Waals surface area contributed by atoms with Crippen molar-refractivity contribution < 1.29 is 9.47 Å². The quantitative estimate of drug-likeness (QED) is 0.749. The summed E-state index contributed by atoms with van der Waals surface area (Å²) < 4.78 is 12.2. The minimum Gasteiger partial charge on any atom is -0.353 e. The van der Waals surface area contributed by atoms with E-state index in [1.54, 1.807) is 0 Å². The van der Waals surface area contributed by atoms with Crippen LogP contribution in [0.3, 0.4) is 0 Å². The van der Waals surface area contributed by atoms with E-state index in [4.69, 9.17) is 15.2 Å². The van der Waals surface area contributed by atoms with Crippen LogP contribution in [0.4, 0.5) is 0 Å². The highest BCUT2D eigenvalue weighted by Crippen LogP contribution is 2.23. The van der Waals surface area contributed by atoms with Gasteiger partial charge in [-0.05, 0) is 38.1 Å². The molecule has 0 unspecified atom stereocenters. The Morgan fingerprint density at radius 2 is 1.67 bits per heavy atom. The molecular formula is C14H22BrNO2. The Bertz CT molecular complexity index is 323. The van der Waals surface area contributed by atoms with Crippen molar-refractivity contribution in [2.75, 3.05) is 19.8 Å². The molecule has 0 heterocycles. The molecule has 2 N–H and O–H groups in total. The molecule has 0 aromatic heterocycles. The van der Waals surface area contributed by atoms with E-state index in [1.807, 2.05) is 26.0 Å². The number of nitrogens with two attached hydrogens (primary N) is 1. The van der Waals surface area contributed by atoms with E-state index < -0.39 is 0 Å². The molecule has 0 saturated carbocycles. The van der Waals surface area contributed by atoms with Crippen molar-refractivity contribution in [2.24, 2.45) is 5.73 Å². The second kappa shape index (κ2) is 8.64. The van der Waals surface area contributed by atoms with Crippen molar-refractivity contribution in [1.82, 2.24) is 0 Å². The lowest BCUT2D eigenvalue weighted by Crippen LogP contribution is -2.24. The van der Waals surface area contributed by atoms with Crippen molar-refractivity contribution >= 4 is 15.9 Å². The molecule has 1 atom stereocenters. The minimum atomic E-state index is -0.169. The monoisotopic (exact) mass is 315 g/mol. The molecule has 0 spiro atoms. The number of hydrogen-bond acceptors (Lipinski definition) is 3. The van der Waals surface area contributed by atoms with Gasteiger partial charge in [0.05, 0.1) is 0 Å². The molecule has 1 rings (SSSR count). The first-order chi connectivity index (χ1) is 8.71. The normalized spacial score (nSPS) is 12.9. The number of benzene rings is 1. The maximum atomic E-state index is 5.86. The van der Waals surface area contributed by atoms with Gasteiger partial charge in [-0.25, -0.2) is 0 Å². The molecule has 0 amide bonds. The Morgan fingerprint density at radius 3 is 2.11 bits per heavy atom. The maximum Gasteiger partial charge on any atom is 0.158 e. The third kappa shape index (κ3) is 5.06. The fourth-order valence-electron chi connectivity index (χ4n) is 1.89. The van der Waals surface area contributed by atoms with Gasteiger partial charge >= 0.3 is 0 Å². The Hall–Kier alpha value is -0.420. The molecule has 0 radical (unpaired) electrons. The molecule has 0 fully saturated rings. The summed E-state index contributed by atoms with van der Waals surface area (Å²) >= 11 is 3.44. The van der Waals surface area contributed by atoms with Crippen LogP contribution in [0.1, 0.15) is 31.7 Å². The molecule has 3 nitrogen and oxygen atoms in total. The molecule has 1 aromatic carbocycles. The van der Waals surface area contributed by atoms with Gasteiger partial charge in [0.15, 0.2) is 6.29 Å². The first-order valence-electron chi connectivity index (χ1n) is 6.39. The summed E-state index contributed by atoms with van der Waals surface area (Å²) in [5, 5.41) is 0. The molecule has 0 aliphatic rings. The van der Waals surface area contributed by atoms with Crippen molar-refractivity contribution in [1.29, 1.82) is 0 Å². The van der Waals surface area contributed by atoms with Gasteiger partial charge in [-0.15, -0.1) is 0 Å². The molecule has 0 aliphatic heterocycles. The third-order valence-corrected chi connectivity index (χ3v) is 3.34. The Balaban J connectivity index is 2.67. The zero-order valence-electron chi connectivity index (χ0n) is 11.1. The number of rotatable bonds is 8. The number of halogens is 1. The fraction of sp³-hybridized carbons (Fsp3) is 0.571. The summed E-state index contributed by atoms with van der Waals surface area (Å²) in [6.07, 6.45) is 0.622. The summed E-state index contributed by atoms with van der Waals surface area (Å²) in [4.78, 5) is 0. The maximum absolute atomic E-state index is 5.86. The third-order valence-electron chi connectivity index (χ3n) is 2.81. The second-order valence-corrected chi connectivity index (χ2v) is 4.98. The second-order valence-electron chi connectivity index (χ2n) is 4.06. The number of ether oxygens (including phenoxy) is 2. The summed E-state index contributed by atoms with van der Waals surface area (Å²) in [5.41, 5.74) is 7.09. The average Bonchev–Trinajstić information content (AvgIpc) is 2.37. The van der Waals surface area contributed by atoms with Crippen LogP contribution in [-0.2, 0) is 9.47 Å².